The van der Waals surface area contributed by atoms with Crippen molar-refractivity contribution in [1.29, 1.82) is 0 Å². The third-order valence-electron chi connectivity index (χ3n) is 3.65. The molecule has 2 N–H and O–H groups in total. The van der Waals surface area contributed by atoms with Gasteiger partial charge in [-0.2, -0.15) is 0 Å². The normalized spacial score (nSPS) is 16.0. The monoisotopic (exact) mass is 269 g/mol. The maximum absolute atomic E-state index is 4.55. The van der Waals surface area contributed by atoms with Gasteiger partial charge in [0.25, 0.3) is 0 Å². The Morgan fingerprint density at radius 3 is 2.60 bits per heavy atom. The van der Waals surface area contributed by atoms with Crippen LogP contribution in [0.15, 0.2) is 36.9 Å². The number of rotatable bonds is 4. The summed E-state index contributed by atoms with van der Waals surface area (Å²) in [7, 11) is 0. The SMILES string of the molecule is c1cc(CNc2cnc(C3CCNCC3)cn2)ccn1. The van der Waals surface area contributed by atoms with Gasteiger partial charge >= 0.3 is 0 Å². The number of hydrogen-bond acceptors (Lipinski definition) is 5. The van der Waals surface area contributed by atoms with Gasteiger partial charge in [-0.25, -0.2) is 4.98 Å². The lowest BCUT2D eigenvalue weighted by atomic mass is 9.95. The van der Waals surface area contributed by atoms with Crippen molar-refractivity contribution in [2.75, 3.05) is 18.4 Å². The van der Waals surface area contributed by atoms with Gasteiger partial charge in [-0.1, -0.05) is 0 Å². The highest BCUT2D eigenvalue weighted by molar-refractivity contribution is 5.33. The zero-order valence-corrected chi connectivity index (χ0v) is 11.4. The van der Waals surface area contributed by atoms with E-state index in [2.05, 4.69) is 25.6 Å². The predicted molar refractivity (Wildman–Crippen MR) is 78.4 cm³/mol. The summed E-state index contributed by atoms with van der Waals surface area (Å²) in [6.07, 6.45) is 9.63. The second-order valence-corrected chi connectivity index (χ2v) is 5.06. The summed E-state index contributed by atoms with van der Waals surface area (Å²) >= 11 is 0. The minimum atomic E-state index is 0.554. The van der Waals surface area contributed by atoms with Crippen molar-refractivity contribution in [1.82, 2.24) is 20.3 Å². The van der Waals surface area contributed by atoms with Crippen LogP contribution in [-0.2, 0) is 6.54 Å². The Hall–Kier alpha value is -2.01. The predicted octanol–water partition coefficient (Wildman–Crippen LogP) is 1.95. The van der Waals surface area contributed by atoms with Crippen LogP contribution in [0.2, 0.25) is 0 Å². The topological polar surface area (TPSA) is 62.7 Å². The second-order valence-electron chi connectivity index (χ2n) is 5.06. The van der Waals surface area contributed by atoms with E-state index in [0.29, 0.717) is 5.92 Å². The van der Waals surface area contributed by atoms with Crippen LogP contribution in [0.25, 0.3) is 0 Å². The van der Waals surface area contributed by atoms with Crippen LogP contribution in [0.1, 0.15) is 30.0 Å². The molecule has 3 rings (SSSR count). The van der Waals surface area contributed by atoms with Gasteiger partial charge in [-0.15, -0.1) is 0 Å². The van der Waals surface area contributed by atoms with Gasteiger partial charge in [0.1, 0.15) is 5.82 Å². The summed E-state index contributed by atoms with van der Waals surface area (Å²) in [6.45, 7) is 2.90. The fraction of sp³-hybridized carbons (Fsp3) is 0.400. The van der Waals surface area contributed by atoms with E-state index in [1.165, 1.54) is 5.56 Å². The van der Waals surface area contributed by atoms with Crippen LogP contribution in [0.3, 0.4) is 0 Å². The van der Waals surface area contributed by atoms with Crippen molar-refractivity contribution in [2.24, 2.45) is 0 Å². The molecule has 104 valence electrons. The highest BCUT2D eigenvalue weighted by Crippen LogP contribution is 2.22. The Morgan fingerprint density at radius 1 is 1.10 bits per heavy atom. The lowest BCUT2D eigenvalue weighted by Crippen LogP contribution is -2.27. The van der Waals surface area contributed by atoms with E-state index < -0.39 is 0 Å². The van der Waals surface area contributed by atoms with Gasteiger partial charge in [-0.3, -0.25) is 9.97 Å². The molecule has 1 aliphatic heterocycles. The van der Waals surface area contributed by atoms with Gasteiger partial charge in [-0.05, 0) is 43.6 Å². The quantitative estimate of drug-likeness (QED) is 0.888. The molecule has 0 aliphatic carbocycles. The first-order valence-corrected chi connectivity index (χ1v) is 7.07. The average Bonchev–Trinajstić information content (AvgIpc) is 2.55. The van der Waals surface area contributed by atoms with E-state index in [1.54, 1.807) is 12.4 Å². The summed E-state index contributed by atoms with van der Waals surface area (Å²) in [4.78, 5) is 13.0. The molecule has 0 saturated carbocycles. The van der Waals surface area contributed by atoms with Gasteiger partial charge < -0.3 is 10.6 Å². The van der Waals surface area contributed by atoms with Crippen molar-refractivity contribution in [3.05, 3.63) is 48.2 Å². The Bertz CT molecular complexity index is 520. The van der Waals surface area contributed by atoms with E-state index in [9.17, 15) is 0 Å². The smallest absolute Gasteiger partial charge is 0.144 e. The molecule has 0 unspecified atom stereocenters. The molecule has 1 saturated heterocycles. The highest BCUT2D eigenvalue weighted by atomic mass is 15.0. The standard InChI is InChI=1S/C15H19N5/c1-5-16-6-2-12(1)9-19-15-11-18-14(10-20-15)13-3-7-17-8-4-13/h1-2,5-6,10-11,13,17H,3-4,7-9H2,(H,19,20). The summed E-state index contributed by atoms with van der Waals surface area (Å²) in [5, 5.41) is 6.65. The highest BCUT2D eigenvalue weighted by Gasteiger charge is 2.16. The number of anilines is 1. The molecule has 0 atom stereocenters. The molecule has 1 fully saturated rings. The minimum absolute atomic E-state index is 0.554. The number of pyridine rings is 1. The molecule has 5 heteroatoms. The fourth-order valence-electron chi connectivity index (χ4n) is 2.45. The number of hydrogen-bond donors (Lipinski definition) is 2. The molecule has 5 nitrogen and oxygen atoms in total. The van der Waals surface area contributed by atoms with Gasteiger partial charge in [0.05, 0.1) is 18.1 Å². The van der Waals surface area contributed by atoms with Gasteiger partial charge in [0.15, 0.2) is 0 Å². The Labute approximate surface area is 118 Å². The third-order valence-corrected chi connectivity index (χ3v) is 3.65. The number of nitrogens with zero attached hydrogens (tertiary/aromatic N) is 3. The Balaban J connectivity index is 1.58. The maximum atomic E-state index is 4.55. The number of nitrogens with one attached hydrogen (secondary N) is 2. The Kier molecular flexibility index (Phi) is 4.18. The van der Waals surface area contributed by atoms with Crippen LogP contribution >= 0.6 is 0 Å². The van der Waals surface area contributed by atoms with E-state index in [-0.39, 0.29) is 0 Å². The van der Waals surface area contributed by atoms with Crippen molar-refractivity contribution in [3.8, 4) is 0 Å². The Morgan fingerprint density at radius 2 is 1.90 bits per heavy atom. The molecule has 0 radical (unpaired) electrons. The van der Waals surface area contributed by atoms with E-state index in [0.717, 1.165) is 44.0 Å². The van der Waals surface area contributed by atoms with Crippen LogP contribution in [0, 0.1) is 0 Å². The van der Waals surface area contributed by atoms with E-state index in [4.69, 9.17) is 0 Å². The first kappa shape index (κ1) is 13.0. The van der Waals surface area contributed by atoms with Crippen molar-refractivity contribution in [2.45, 2.75) is 25.3 Å². The molecule has 20 heavy (non-hydrogen) atoms. The van der Waals surface area contributed by atoms with Gasteiger partial charge in [0, 0.05) is 24.9 Å². The van der Waals surface area contributed by atoms with Crippen molar-refractivity contribution in [3.63, 3.8) is 0 Å². The summed E-state index contributed by atoms with van der Waals surface area (Å²) in [5.41, 5.74) is 2.30. The molecule has 1 aliphatic rings. The zero-order valence-electron chi connectivity index (χ0n) is 11.4. The van der Waals surface area contributed by atoms with Crippen LogP contribution < -0.4 is 10.6 Å². The van der Waals surface area contributed by atoms with E-state index in [1.807, 2.05) is 24.5 Å². The molecule has 0 amide bonds. The first-order chi connectivity index (χ1) is 9.92. The molecule has 3 heterocycles. The summed E-state index contributed by atoms with van der Waals surface area (Å²) in [5.74, 6) is 1.37. The third kappa shape index (κ3) is 3.30. The average molecular weight is 269 g/mol. The van der Waals surface area contributed by atoms with Crippen LogP contribution in [-0.4, -0.2) is 28.0 Å². The molecule has 0 bridgehead atoms. The van der Waals surface area contributed by atoms with Crippen molar-refractivity contribution < 1.29 is 0 Å². The zero-order chi connectivity index (χ0) is 13.6. The molecule has 2 aromatic heterocycles. The maximum Gasteiger partial charge on any atom is 0.144 e. The summed E-state index contributed by atoms with van der Waals surface area (Å²) < 4.78 is 0. The fourth-order valence-corrected chi connectivity index (χ4v) is 2.45. The molecular weight excluding hydrogens is 250 g/mol. The number of aromatic nitrogens is 3. The largest absolute Gasteiger partial charge is 0.365 e. The lowest BCUT2D eigenvalue weighted by molar-refractivity contribution is 0.452. The molecular formula is C15H19N5. The van der Waals surface area contributed by atoms with Gasteiger partial charge in [0.2, 0.25) is 0 Å². The summed E-state index contributed by atoms with van der Waals surface area (Å²) in [6, 6.07) is 3.98. The number of piperidine rings is 1. The van der Waals surface area contributed by atoms with Crippen LogP contribution in [0.4, 0.5) is 5.82 Å². The molecule has 0 spiro atoms. The van der Waals surface area contributed by atoms with Crippen molar-refractivity contribution >= 4 is 5.82 Å². The first-order valence-electron chi connectivity index (χ1n) is 7.07. The van der Waals surface area contributed by atoms with E-state index >= 15 is 0 Å². The lowest BCUT2D eigenvalue weighted by Gasteiger charge is -2.21. The minimum Gasteiger partial charge on any atom is -0.365 e. The molecule has 2 aromatic rings. The molecule has 0 aromatic carbocycles. The second kappa shape index (κ2) is 6.43. The van der Waals surface area contributed by atoms with Crippen LogP contribution in [0.5, 0.6) is 0 Å².